The van der Waals surface area contributed by atoms with E-state index in [1.165, 1.54) is 6.33 Å². The Hall–Kier alpha value is -2.14. The minimum atomic E-state index is -0.649. The maximum atomic E-state index is 10.3. The van der Waals surface area contributed by atoms with Gasteiger partial charge < -0.3 is 14.6 Å². The molecule has 1 unspecified atom stereocenters. The highest BCUT2D eigenvalue weighted by atomic mass is 16.5. The Labute approximate surface area is 118 Å². The van der Waals surface area contributed by atoms with Gasteiger partial charge in [0, 0.05) is 12.5 Å². The molecule has 5 nitrogen and oxygen atoms in total. The number of aromatic nitrogens is 2. The van der Waals surface area contributed by atoms with E-state index in [0.29, 0.717) is 12.3 Å². The molecule has 106 valence electrons. The molecule has 0 amide bonds. The van der Waals surface area contributed by atoms with Gasteiger partial charge in [-0.1, -0.05) is 12.1 Å². The SMILES string of the molecule is COc1cc(CC(O)c2ccc(C)c(OC)c2)ncn1. The lowest BCUT2D eigenvalue weighted by atomic mass is 10.0. The van der Waals surface area contributed by atoms with Crippen LogP contribution in [0.3, 0.4) is 0 Å². The average Bonchev–Trinajstić information content (AvgIpc) is 2.47. The minimum absolute atomic E-state index is 0.394. The lowest BCUT2D eigenvalue weighted by molar-refractivity contribution is 0.176. The van der Waals surface area contributed by atoms with Crippen molar-refractivity contribution in [2.45, 2.75) is 19.4 Å². The number of hydrogen-bond acceptors (Lipinski definition) is 5. The highest BCUT2D eigenvalue weighted by Crippen LogP contribution is 2.25. The van der Waals surface area contributed by atoms with E-state index in [0.717, 1.165) is 22.6 Å². The van der Waals surface area contributed by atoms with Gasteiger partial charge in [0.05, 0.1) is 26.0 Å². The van der Waals surface area contributed by atoms with E-state index in [2.05, 4.69) is 9.97 Å². The molecule has 0 aliphatic heterocycles. The van der Waals surface area contributed by atoms with Crippen LogP contribution < -0.4 is 9.47 Å². The minimum Gasteiger partial charge on any atom is -0.496 e. The van der Waals surface area contributed by atoms with Gasteiger partial charge in [0.2, 0.25) is 5.88 Å². The summed E-state index contributed by atoms with van der Waals surface area (Å²) in [6.07, 6.45) is 1.17. The molecule has 1 atom stereocenters. The molecule has 1 aromatic carbocycles. The van der Waals surface area contributed by atoms with Gasteiger partial charge in [0.25, 0.3) is 0 Å². The summed E-state index contributed by atoms with van der Waals surface area (Å²) in [7, 11) is 3.17. The number of aliphatic hydroxyl groups is 1. The van der Waals surface area contributed by atoms with Crippen molar-refractivity contribution in [2.75, 3.05) is 14.2 Å². The Bertz CT molecular complexity index is 587. The topological polar surface area (TPSA) is 64.5 Å². The zero-order valence-electron chi connectivity index (χ0n) is 11.8. The zero-order valence-corrected chi connectivity index (χ0v) is 11.8. The van der Waals surface area contributed by atoms with Crippen molar-refractivity contribution in [1.29, 1.82) is 0 Å². The summed E-state index contributed by atoms with van der Waals surface area (Å²) < 4.78 is 10.3. The van der Waals surface area contributed by atoms with Crippen molar-refractivity contribution in [2.24, 2.45) is 0 Å². The first-order valence-electron chi connectivity index (χ1n) is 6.31. The molecule has 0 spiro atoms. The monoisotopic (exact) mass is 274 g/mol. The molecule has 1 N–H and O–H groups in total. The van der Waals surface area contributed by atoms with Crippen LogP contribution in [0, 0.1) is 6.92 Å². The Balaban J connectivity index is 2.16. The van der Waals surface area contributed by atoms with Crippen molar-refractivity contribution in [3.8, 4) is 11.6 Å². The fourth-order valence-corrected chi connectivity index (χ4v) is 1.96. The highest BCUT2D eigenvalue weighted by Gasteiger charge is 2.12. The number of aryl methyl sites for hydroxylation is 1. The van der Waals surface area contributed by atoms with Gasteiger partial charge in [-0.15, -0.1) is 0 Å². The van der Waals surface area contributed by atoms with Gasteiger partial charge in [-0.2, -0.15) is 0 Å². The molecule has 0 saturated heterocycles. The van der Waals surface area contributed by atoms with Crippen LogP contribution in [-0.4, -0.2) is 29.3 Å². The number of hydrogen-bond donors (Lipinski definition) is 1. The quantitative estimate of drug-likeness (QED) is 0.904. The highest BCUT2D eigenvalue weighted by molar-refractivity contribution is 5.37. The second-order valence-corrected chi connectivity index (χ2v) is 4.50. The van der Waals surface area contributed by atoms with Gasteiger partial charge in [-0.05, 0) is 24.1 Å². The molecule has 2 aromatic rings. The number of methoxy groups -OCH3 is 2. The van der Waals surface area contributed by atoms with Crippen molar-refractivity contribution < 1.29 is 14.6 Å². The summed E-state index contributed by atoms with van der Waals surface area (Å²) in [6, 6.07) is 7.38. The van der Waals surface area contributed by atoms with Crippen molar-refractivity contribution in [3.05, 3.63) is 47.4 Å². The van der Waals surface area contributed by atoms with E-state index in [4.69, 9.17) is 9.47 Å². The first-order valence-corrected chi connectivity index (χ1v) is 6.31. The van der Waals surface area contributed by atoms with Crippen molar-refractivity contribution in [3.63, 3.8) is 0 Å². The summed E-state index contributed by atoms with van der Waals surface area (Å²) in [5.74, 6) is 1.26. The van der Waals surface area contributed by atoms with Crippen LogP contribution >= 0.6 is 0 Å². The molecule has 0 aliphatic carbocycles. The van der Waals surface area contributed by atoms with Gasteiger partial charge in [0.1, 0.15) is 12.1 Å². The van der Waals surface area contributed by atoms with Crippen LogP contribution in [0.2, 0.25) is 0 Å². The van der Waals surface area contributed by atoms with E-state index < -0.39 is 6.10 Å². The van der Waals surface area contributed by atoms with Gasteiger partial charge in [-0.25, -0.2) is 9.97 Å². The molecule has 1 aromatic heterocycles. The molecule has 2 rings (SSSR count). The number of aliphatic hydroxyl groups excluding tert-OH is 1. The molecule has 20 heavy (non-hydrogen) atoms. The summed E-state index contributed by atoms with van der Waals surface area (Å²) in [6.45, 7) is 1.96. The predicted molar refractivity (Wildman–Crippen MR) is 75.0 cm³/mol. The molecule has 0 aliphatic rings. The van der Waals surface area contributed by atoms with E-state index >= 15 is 0 Å². The first-order chi connectivity index (χ1) is 9.63. The van der Waals surface area contributed by atoms with Crippen molar-refractivity contribution in [1.82, 2.24) is 9.97 Å². The second kappa shape index (κ2) is 6.34. The Morgan fingerprint density at radius 2 is 1.95 bits per heavy atom. The lowest BCUT2D eigenvalue weighted by Crippen LogP contribution is -2.05. The molecule has 5 heteroatoms. The van der Waals surface area contributed by atoms with Crippen LogP contribution in [0.5, 0.6) is 11.6 Å². The van der Waals surface area contributed by atoms with Gasteiger partial charge in [-0.3, -0.25) is 0 Å². The number of benzene rings is 1. The van der Waals surface area contributed by atoms with Gasteiger partial charge in [0.15, 0.2) is 0 Å². The lowest BCUT2D eigenvalue weighted by Gasteiger charge is -2.13. The third kappa shape index (κ3) is 3.24. The third-order valence-corrected chi connectivity index (χ3v) is 3.13. The van der Waals surface area contributed by atoms with Gasteiger partial charge >= 0.3 is 0 Å². The zero-order chi connectivity index (χ0) is 14.5. The molecule has 0 saturated carbocycles. The number of ether oxygens (including phenoxy) is 2. The van der Waals surface area contributed by atoms with Crippen LogP contribution in [0.1, 0.15) is 22.9 Å². The Kier molecular flexibility index (Phi) is 4.53. The summed E-state index contributed by atoms with van der Waals surface area (Å²) >= 11 is 0. The molecular formula is C15H18N2O3. The fraction of sp³-hybridized carbons (Fsp3) is 0.333. The molecular weight excluding hydrogens is 256 g/mol. The largest absolute Gasteiger partial charge is 0.496 e. The second-order valence-electron chi connectivity index (χ2n) is 4.50. The van der Waals surface area contributed by atoms with E-state index in [9.17, 15) is 5.11 Å². The van der Waals surface area contributed by atoms with Crippen LogP contribution in [0.15, 0.2) is 30.6 Å². The molecule has 0 bridgehead atoms. The van der Waals surface area contributed by atoms with E-state index in [1.807, 2.05) is 25.1 Å². The fourth-order valence-electron chi connectivity index (χ4n) is 1.96. The van der Waals surface area contributed by atoms with Crippen molar-refractivity contribution >= 4 is 0 Å². The summed E-state index contributed by atoms with van der Waals surface area (Å²) in [5.41, 5.74) is 2.56. The first kappa shape index (κ1) is 14.3. The molecule has 0 radical (unpaired) electrons. The van der Waals surface area contributed by atoms with Crippen LogP contribution in [-0.2, 0) is 6.42 Å². The summed E-state index contributed by atoms with van der Waals surface area (Å²) in [5, 5.41) is 10.3. The summed E-state index contributed by atoms with van der Waals surface area (Å²) in [4.78, 5) is 8.07. The average molecular weight is 274 g/mol. The maximum Gasteiger partial charge on any atom is 0.216 e. The maximum absolute atomic E-state index is 10.3. The van der Waals surface area contributed by atoms with Crippen LogP contribution in [0.4, 0.5) is 0 Å². The standard InChI is InChI=1S/C15H18N2O3/c1-10-4-5-11(6-14(10)19-2)13(18)7-12-8-15(20-3)17-9-16-12/h4-6,8-9,13,18H,7H2,1-3H3. The number of nitrogens with zero attached hydrogens (tertiary/aromatic N) is 2. The number of rotatable bonds is 5. The molecule has 1 heterocycles. The van der Waals surface area contributed by atoms with E-state index in [1.54, 1.807) is 20.3 Å². The Morgan fingerprint density at radius 1 is 1.15 bits per heavy atom. The van der Waals surface area contributed by atoms with Crippen LogP contribution in [0.25, 0.3) is 0 Å². The van der Waals surface area contributed by atoms with E-state index in [-0.39, 0.29) is 0 Å². The molecule has 0 fully saturated rings. The smallest absolute Gasteiger partial charge is 0.216 e. The predicted octanol–water partition coefficient (Wildman–Crippen LogP) is 2.08. The Morgan fingerprint density at radius 3 is 2.65 bits per heavy atom. The normalized spacial score (nSPS) is 12.0. The third-order valence-electron chi connectivity index (χ3n) is 3.13.